The second-order valence-electron chi connectivity index (χ2n) is 6.50. The van der Waals surface area contributed by atoms with Crippen LogP contribution >= 0.6 is 11.3 Å². The second-order valence-corrected chi connectivity index (χ2v) is 7.45. The van der Waals surface area contributed by atoms with Crippen LogP contribution in [-0.2, 0) is 17.3 Å². The molecule has 1 unspecified atom stereocenters. The number of hydrogen-bond acceptors (Lipinski definition) is 3. The van der Waals surface area contributed by atoms with E-state index in [0.29, 0.717) is 0 Å². The van der Waals surface area contributed by atoms with Crippen molar-refractivity contribution in [2.24, 2.45) is 7.05 Å². The molecular weight excluding hydrogens is 320 g/mol. The number of rotatable bonds is 5. The van der Waals surface area contributed by atoms with E-state index in [4.69, 9.17) is 0 Å². The standard InChI is InChI=1S/C19H20N2O2S/c1-21-12-14(13-5-2-3-6-15(13)21)16(22)11-20-18(23)19(8-9-19)17-7-4-10-24-17/h2-7,10,12,16,22H,8-9,11H2,1H3,(H,20,23). The summed E-state index contributed by atoms with van der Waals surface area (Å²) in [5.74, 6) is 0.0317. The Morgan fingerprint density at radius 3 is 2.83 bits per heavy atom. The Labute approximate surface area is 144 Å². The summed E-state index contributed by atoms with van der Waals surface area (Å²) < 4.78 is 2.00. The number of aryl methyl sites for hydroxylation is 1. The van der Waals surface area contributed by atoms with Gasteiger partial charge in [0.05, 0.1) is 11.5 Å². The summed E-state index contributed by atoms with van der Waals surface area (Å²) in [5, 5.41) is 16.6. The van der Waals surface area contributed by atoms with Crippen LogP contribution in [0.1, 0.15) is 29.4 Å². The van der Waals surface area contributed by atoms with Crippen molar-refractivity contribution in [1.29, 1.82) is 0 Å². The van der Waals surface area contributed by atoms with Gasteiger partial charge in [-0.2, -0.15) is 0 Å². The molecule has 0 saturated heterocycles. The molecule has 0 bridgehead atoms. The molecule has 4 rings (SSSR count). The van der Waals surface area contributed by atoms with Gasteiger partial charge in [-0.15, -0.1) is 11.3 Å². The monoisotopic (exact) mass is 340 g/mol. The summed E-state index contributed by atoms with van der Waals surface area (Å²) in [7, 11) is 1.97. The summed E-state index contributed by atoms with van der Waals surface area (Å²) in [6.07, 6.45) is 3.01. The topological polar surface area (TPSA) is 54.3 Å². The fraction of sp³-hybridized carbons (Fsp3) is 0.316. The number of aliphatic hydroxyl groups excluding tert-OH is 1. The first-order valence-electron chi connectivity index (χ1n) is 8.16. The summed E-state index contributed by atoms with van der Waals surface area (Å²) in [6.45, 7) is 0.236. The summed E-state index contributed by atoms with van der Waals surface area (Å²) in [6, 6.07) is 12.0. The minimum atomic E-state index is -0.709. The zero-order chi connectivity index (χ0) is 16.7. The van der Waals surface area contributed by atoms with Gasteiger partial charge in [-0.25, -0.2) is 0 Å². The van der Waals surface area contributed by atoms with Crippen molar-refractivity contribution in [2.75, 3.05) is 6.54 Å². The smallest absolute Gasteiger partial charge is 0.231 e. The van der Waals surface area contributed by atoms with Crippen molar-refractivity contribution in [3.63, 3.8) is 0 Å². The fourth-order valence-corrected chi connectivity index (χ4v) is 4.35. The van der Waals surface area contributed by atoms with E-state index in [1.807, 2.05) is 59.6 Å². The molecule has 1 amide bonds. The molecule has 5 heteroatoms. The van der Waals surface area contributed by atoms with Gasteiger partial charge < -0.3 is 15.0 Å². The molecule has 1 saturated carbocycles. The van der Waals surface area contributed by atoms with Crippen LogP contribution in [0.15, 0.2) is 48.0 Å². The summed E-state index contributed by atoms with van der Waals surface area (Å²) in [5.41, 5.74) is 1.58. The van der Waals surface area contributed by atoms with Crippen molar-refractivity contribution in [3.05, 3.63) is 58.4 Å². The number of carbonyl (C=O) groups is 1. The lowest BCUT2D eigenvalue weighted by Crippen LogP contribution is -2.36. The highest BCUT2D eigenvalue weighted by Gasteiger charge is 2.52. The van der Waals surface area contributed by atoms with Gasteiger partial charge in [-0.1, -0.05) is 24.3 Å². The number of benzene rings is 1. The van der Waals surface area contributed by atoms with Crippen LogP contribution in [0, 0.1) is 0 Å². The predicted octanol–water partition coefficient (Wildman–Crippen LogP) is 3.12. The van der Waals surface area contributed by atoms with E-state index in [2.05, 4.69) is 5.32 Å². The molecule has 1 aliphatic carbocycles. The molecule has 1 aliphatic rings. The second kappa shape index (κ2) is 5.76. The Hall–Kier alpha value is -2.11. The maximum absolute atomic E-state index is 12.6. The molecule has 0 radical (unpaired) electrons. The van der Waals surface area contributed by atoms with Crippen molar-refractivity contribution in [2.45, 2.75) is 24.4 Å². The van der Waals surface area contributed by atoms with Gasteiger partial charge in [0.2, 0.25) is 5.91 Å². The average Bonchev–Trinajstić information content (AvgIpc) is 3.08. The van der Waals surface area contributed by atoms with Gasteiger partial charge >= 0.3 is 0 Å². The molecule has 1 aromatic carbocycles. The third-order valence-corrected chi connectivity index (χ3v) is 5.99. The normalized spacial score (nSPS) is 16.9. The van der Waals surface area contributed by atoms with Gasteiger partial charge in [0.15, 0.2) is 0 Å². The van der Waals surface area contributed by atoms with Crippen LogP contribution in [0.4, 0.5) is 0 Å². The maximum atomic E-state index is 12.6. The van der Waals surface area contributed by atoms with E-state index in [1.54, 1.807) is 11.3 Å². The summed E-state index contributed by atoms with van der Waals surface area (Å²) >= 11 is 1.63. The van der Waals surface area contributed by atoms with Gasteiger partial charge in [-0.05, 0) is 30.4 Å². The number of nitrogens with zero attached hydrogens (tertiary/aromatic N) is 1. The predicted molar refractivity (Wildman–Crippen MR) is 96.1 cm³/mol. The van der Waals surface area contributed by atoms with E-state index >= 15 is 0 Å². The van der Waals surface area contributed by atoms with Crippen molar-refractivity contribution in [3.8, 4) is 0 Å². The van der Waals surface area contributed by atoms with Gasteiger partial charge in [0, 0.05) is 41.1 Å². The summed E-state index contributed by atoms with van der Waals surface area (Å²) in [4.78, 5) is 13.7. The molecule has 4 nitrogen and oxygen atoms in total. The minimum absolute atomic E-state index is 0.0317. The molecule has 0 spiro atoms. The first-order valence-corrected chi connectivity index (χ1v) is 9.04. The average molecular weight is 340 g/mol. The molecule has 2 N–H and O–H groups in total. The minimum Gasteiger partial charge on any atom is -0.386 e. The molecule has 0 aliphatic heterocycles. The molecule has 2 heterocycles. The van der Waals surface area contributed by atoms with Crippen LogP contribution in [0.2, 0.25) is 0 Å². The van der Waals surface area contributed by atoms with Gasteiger partial charge in [-0.3, -0.25) is 4.79 Å². The number of para-hydroxylation sites is 1. The van der Waals surface area contributed by atoms with Gasteiger partial charge in [0.25, 0.3) is 0 Å². The fourth-order valence-electron chi connectivity index (χ4n) is 3.37. The van der Waals surface area contributed by atoms with Crippen LogP contribution in [0.25, 0.3) is 10.9 Å². The number of carbonyl (C=O) groups excluding carboxylic acids is 1. The largest absolute Gasteiger partial charge is 0.386 e. The number of thiophene rings is 1. The Morgan fingerprint density at radius 2 is 2.12 bits per heavy atom. The number of aliphatic hydroxyl groups is 1. The van der Waals surface area contributed by atoms with E-state index in [9.17, 15) is 9.90 Å². The number of hydrogen-bond donors (Lipinski definition) is 2. The Bertz CT molecular complexity index is 878. The highest BCUT2D eigenvalue weighted by Crippen LogP contribution is 2.50. The van der Waals surface area contributed by atoms with Crippen LogP contribution in [0.3, 0.4) is 0 Å². The van der Waals surface area contributed by atoms with E-state index in [1.165, 1.54) is 0 Å². The highest BCUT2D eigenvalue weighted by atomic mass is 32.1. The molecule has 1 fully saturated rings. The van der Waals surface area contributed by atoms with Crippen LogP contribution in [0.5, 0.6) is 0 Å². The van der Waals surface area contributed by atoms with E-state index < -0.39 is 6.10 Å². The van der Waals surface area contributed by atoms with Crippen LogP contribution in [-0.4, -0.2) is 22.1 Å². The van der Waals surface area contributed by atoms with Crippen molar-refractivity contribution < 1.29 is 9.90 Å². The zero-order valence-electron chi connectivity index (χ0n) is 13.5. The Kier molecular flexibility index (Phi) is 3.70. The quantitative estimate of drug-likeness (QED) is 0.750. The number of amides is 1. The lowest BCUT2D eigenvalue weighted by atomic mass is 10.0. The Balaban J connectivity index is 1.49. The molecule has 3 aromatic rings. The number of fused-ring (bicyclic) bond motifs is 1. The van der Waals surface area contributed by atoms with E-state index in [-0.39, 0.29) is 17.9 Å². The zero-order valence-corrected chi connectivity index (χ0v) is 14.3. The van der Waals surface area contributed by atoms with Crippen molar-refractivity contribution >= 4 is 28.1 Å². The molecule has 1 atom stereocenters. The van der Waals surface area contributed by atoms with Crippen LogP contribution < -0.4 is 5.32 Å². The number of aromatic nitrogens is 1. The SMILES string of the molecule is Cn1cc(C(O)CNC(=O)C2(c3cccs3)CC2)c2ccccc21. The molecule has 24 heavy (non-hydrogen) atoms. The molecule has 2 aromatic heterocycles. The first-order chi connectivity index (χ1) is 11.6. The lowest BCUT2D eigenvalue weighted by molar-refractivity contribution is -0.124. The lowest BCUT2D eigenvalue weighted by Gasteiger charge is -2.16. The molecular formula is C19H20N2O2S. The van der Waals surface area contributed by atoms with Crippen molar-refractivity contribution in [1.82, 2.24) is 9.88 Å². The first kappa shape index (κ1) is 15.4. The highest BCUT2D eigenvalue weighted by molar-refractivity contribution is 7.10. The third kappa shape index (κ3) is 2.44. The maximum Gasteiger partial charge on any atom is 0.231 e. The van der Waals surface area contributed by atoms with E-state index in [0.717, 1.165) is 34.2 Å². The van der Waals surface area contributed by atoms with Gasteiger partial charge in [0.1, 0.15) is 0 Å². The third-order valence-electron chi connectivity index (χ3n) is 4.92. The number of nitrogens with one attached hydrogen (secondary N) is 1. The molecule has 124 valence electrons. The Morgan fingerprint density at radius 1 is 1.33 bits per heavy atom.